The van der Waals surface area contributed by atoms with Gasteiger partial charge in [0.1, 0.15) is 0 Å². The van der Waals surface area contributed by atoms with Crippen molar-refractivity contribution < 1.29 is 0 Å². The Morgan fingerprint density at radius 1 is 1.16 bits per heavy atom. The Hall–Kier alpha value is -0.240. The Morgan fingerprint density at radius 2 is 2.00 bits per heavy atom. The molecular weight excluding hydrogens is 277 g/mol. The van der Waals surface area contributed by atoms with Gasteiger partial charge >= 0.3 is 0 Å². The van der Waals surface area contributed by atoms with Crippen molar-refractivity contribution in [3.8, 4) is 0 Å². The smallest absolute Gasteiger partial charge is 0.0439 e. The first-order valence-electron chi connectivity index (χ1n) is 7.39. The molecule has 1 nitrogen and oxygen atoms in total. The van der Waals surface area contributed by atoms with Crippen LogP contribution in [0.2, 0.25) is 10.0 Å². The molecule has 0 radical (unpaired) electrons. The summed E-state index contributed by atoms with van der Waals surface area (Å²) in [7, 11) is 0. The Morgan fingerprint density at radius 3 is 2.79 bits per heavy atom. The van der Waals surface area contributed by atoms with Crippen molar-refractivity contribution in [1.29, 1.82) is 0 Å². The van der Waals surface area contributed by atoms with Crippen LogP contribution in [-0.4, -0.2) is 12.1 Å². The van der Waals surface area contributed by atoms with Gasteiger partial charge < -0.3 is 5.32 Å². The second-order valence-electron chi connectivity index (χ2n) is 6.08. The molecular formula is C16H21Cl2N. The van der Waals surface area contributed by atoms with E-state index < -0.39 is 0 Å². The topological polar surface area (TPSA) is 12.0 Å². The van der Waals surface area contributed by atoms with Crippen LogP contribution >= 0.6 is 23.2 Å². The fraction of sp³-hybridized carbons (Fsp3) is 0.625. The molecule has 1 atom stereocenters. The average molecular weight is 298 g/mol. The van der Waals surface area contributed by atoms with Gasteiger partial charge in [-0.2, -0.15) is 0 Å². The van der Waals surface area contributed by atoms with E-state index in [4.69, 9.17) is 23.2 Å². The Balaban J connectivity index is 1.86. The summed E-state index contributed by atoms with van der Waals surface area (Å²) in [5.74, 6) is 0.834. The van der Waals surface area contributed by atoms with Gasteiger partial charge in [-0.15, -0.1) is 0 Å². The lowest BCUT2D eigenvalue weighted by atomic mass is 9.82. The van der Waals surface area contributed by atoms with Gasteiger partial charge in [0, 0.05) is 15.6 Å². The lowest BCUT2D eigenvalue weighted by Gasteiger charge is -2.35. The highest BCUT2D eigenvalue weighted by atomic mass is 35.5. The van der Waals surface area contributed by atoms with Crippen LogP contribution in [0.4, 0.5) is 0 Å². The first kappa shape index (κ1) is 13.7. The fourth-order valence-corrected chi connectivity index (χ4v) is 3.85. The van der Waals surface area contributed by atoms with E-state index in [9.17, 15) is 0 Å². The van der Waals surface area contributed by atoms with E-state index in [1.807, 2.05) is 18.2 Å². The van der Waals surface area contributed by atoms with Gasteiger partial charge in [-0.1, -0.05) is 36.0 Å². The molecule has 1 unspecified atom stereocenters. The van der Waals surface area contributed by atoms with Crippen LogP contribution in [0, 0.1) is 5.92 Å². The number of hydrogen-bond acceptors (Lipinski definition) is 1. The molecule has 0 spiro atoms. The van der Waals surface area contributed by atoms with Crippen molar-refractivity contribution in [1.82, 2.24) is 5.32 Å². The predicted octanol–water partition coefficient (Wildman–Crippen LogP) is 4.85. The molecule has 104 valence electrons. The third kappa shape index (κ3) is 3.09. The first-order chi connectivity index (χ1) is 9.20. The maximum atomic E-state index is 6.36. The van der Waals surface area contributed by atoms with E-state index in [1.54, 1.807) is 0 Å². The molecule has 1 heterocycles. The van der Waals surface area contributed by atoms with Crippen LogP contribution in [-0.2, 0) is 6.42 Å². The van der Waals surface area contributed by atoms with Crippen molar-refractivity contribution in [2.75, 3.05) is 6.54 Å². The third-order valence-corrected chi connectivity index (χ3v) is 5.25. The molecule has 1 aliphatic carbocycles. The minimum absolute atomic E-state index is 0.269. The molecule has 2 aliphatic rings. The normalized spacial score (nSPS) is 28.1. The fourth-order valence-electron chi connectivity index (χ4n) is 3.47. The van der Waals surface area contributed by atoms with Crippen molar-refractivity contribution in [2.24, 2.45) is 5.92 Å². The molecule has 1 aromatic rings. The van der Waals surface area contributed by atoms with Crippen molar-refractivity contribution in [3.63, 3.8) is 0 Å². The summed E-state index contributed by atoms with van der Waals surface area (Å²) in [5, 5.41) is 5.50. The number of benzene rings is 1. The highest BCUT2D eigenvalue weighted by Crippen LogP contribution is 2.45. The van der Waals surface area contributed by atoms with Crippen LogP contribution in [0.1, 0.15) is 44.1 Å². The zero-order valence-corrected chi connectivity index (χ0v) is 12.7. The zero-order chi connectivity index (χ0) is 13.3. The van der Waals surface area contributed by atoms with Crippen molar-refractivity contribution in [3.05, 3.63) is 33.8 Å². The molecule has 1 aliphatic heterocycles. The summed E-state index contributed by atoms with van der Waals surface area (Å²) >= 11 is 12.5. The molecule has 0 bridgehead atoms. The SMILES string of the molecule is Clc1ccc(Cl)c(CC2(C3CC3)CCCCCN2)c1. The Labute approximate surface area is 125 Å². The van der Waals surface area contributed by atoms with E-state index in [1.165, 1.54) is 44.1 Å². The summed E-state index contributed by atoms with van der Waals surface area (Å²) in [6.07, 6.45) is 9.03. The van der Waals surface area contributed by atoms with Crippen molar-refractivity contribution >= 4 is 23.2 Å². The van der Waals surface area contributed by atoms with E-state index in [-0.39, 0.29) is 5.54 Å². The van der Waals surface area contributed by atoms with Gasteiger partial charge in [-0.05, 0) is 68.3 Å². The summed E-state index contributed by atoms with van der Waals surface area (Å²) in [6, 6.07) is 5.84. The largest absolute Gasteiger partial charge is 0.311 e. The second kappa shape index (κ2) is 5.63. The molecule has 19 heavy (non-hydrogen) atoms. The van der Waals surface area contributed by atoms with Crippen LogP contribution in [0.25, 0.3) is 0 Å². The van der Waals surface area contributed by atoms with Gasteiger partial charge in [-0.25, -0.2) is 0 Å². The molecule has 0 amide bonds. The van der Waals surface area contributed by atoms with E-state index in [0.29, 0.717) is 0 Å². The summed E-state index contributed by atoms with van der Waals surface area (Å²) in [6.45, 7) is 1.15. The van der Waals surface area contributed by atoms with Crippen LogP contribution in [0.15, 0.2) is 18.2 Å². The van der Waals surface area contributed by atoms with E-state index in [2.05, 4.69) is 5.32 Å². The number of halogens is 2. The molecule has 1 aromatic carbocycles. The Kier molecular flexibility index (Phi) is 4.07. The van der Waals surface area contributed by atoms with Crippen LogP contribution in [0.5, 0.6) is 0 Å². The van der Waals surface area contributed by atoms with Gasteiger partial charge in [0.25, 0.3) is 0 Å². The molecule has 1 saturated heterocycles. The summed E-state index contributed by atoms with van der Waals surface area (Å²) in [5.41, 5.74) is 1.47. The molecule has 3 heteroatoms. The highest BCUT2D eigenvalue weighted by Gasteiger charge is 2.45. The Bertz CT molecular complexity index is 446. The van der Waals surface area contributed by atoms with Gasteiger partial charge in [0.2, 0.25) is 0 Å². The van der Waals surface area contributed by atoms with Crippen LogP contribution in [0.3, 0.4) is 0 Å². The zero-order valence-electron chi connectivity index (χ0n) is 11.2. The average Bonchev–Trinajstić information content (AvgIpc) is 3.20. The van der Waals surface area contributed by atoms with Gasteiger partial charge in [-0.3, -0.25) is 0 Å². The maximum absolute atomic E-state index is 6.36. The number of rotatable bonds is 3. The van der Waals surface area contributed by atoms with Crippen molar-refractivity contribution in [2.45, 2.75) is 50.5 Å². The quantitative estimate of drug-likeness (QED) is 0.841. The minimum atomic E-state index is 0.269. The predicted molar refractivity (Wildman–Crippen MR) is 82.1 cm³/mol. The first-order valence-corrected chi connectivity index (χ1v) is 8.14. The standard InChI is InChI=1S/C16H21Cl2N/c17-14-6-7-15(18)12(10-14)11-16(13-4-5-13)8-2-1-3-9-19-16/h6-7,10,13,19H,1-5,8-9,11H2. The number of nitrogens with one attached hydrogen (secondary N) is 1. The van der Waals surface area contributed by atoms with Crippen LogP contribution < -0.4 is 5.32 Å². The molecule has 1 N–H and O–H groups in total. The summed E-state index contributed by atoms with van der Waals surface area (Å²) < 4.78 is 0. The van der Waals surface area contributed by atoms with Gasteiger partial charge in [0.15, 0.2) is 0 Å². The molecule has 3 rings (SSSR count). The third-order valence-electron chi connectivity index (χ3n) is 4.65. The molecule has 0 aromatic heterocycles. The van der Waals surface area contributed by atoms with E-state index in [0.717, 1.165) is 28.9 Å². The lowest BCUT2D eigenvalue weighted by Crippen LogP contribution is -2.48. The minimum Gasteiger partial charge on any atom is -0.311 e. The molecule has 1 saturated carbocycles. The second-order valence-corrected chi connectivity index (χ2v) is 6.92. The monoisotopic (exact) mass is 297 g/mol. The summed E-state index contributed by atoms with van der Waals surface area (Å²) in [4.78, 5) is 0. The molecule has 2 fully saturated rings. The lowest BCUT2D eigenvalue weighted by molar-refractivity contribution is 0.271. The number of hydrogen-bond donors (Lipinski definition) is 1. The highest BCUT2D eigenvalue weighted by molar-refractivity contribution is 6.33. The van der Waals surface area contributed by atoms with Gasteiger partial charge in [0.05, 0.1) is 0 Å². The maximum Gasteiger partial charge on any atom is 0.0439 e. The van der Waals surface area contributed by atoms with E-state index >= 15 is 0 Å².